The SMILES string of the molecule is CS(C)=O.O=S(=O)(O)OS(=O)(=O)O.c1ccncc1.c1ccncc1. The van der Waals surface area contributed by atoms with Crippen molar-refractivity contribution in [3.63, 3.8) is 0 Å². The first-order chi connectivity index (χ1) is 11.4. The molecule has 142 valence electrons. The van der Waals surface area contributed by atoms with Gasteiger partial charge in [0.05, 0.1) is 0 Å². The van der Waals surface area contributed by atoms with Gasteiger partial charge < -0.3 is 0 Å². The van der Waals surface area contributed by atoms with Gasteiger partial charge in [0.15, 0.2) is 0 Å². The summed E-state index contributed by atoms with van der Waals surface area (Å²) in [6.07, 6.45) is 10.3. The van der Waals surface area contributed by atoms with Gasteiger partial charge in [-0.1, -0.05) is 12.1 Å². The second kappa shape index (κ2) is 14.6. The number of rotatable bonds is 2. The fraction of sp³-hybridized carbons (Fsp3) is 0.167. The maximum Gasteiger partial charge on any atom is 0.413 e. The lowest BCUT2D eigenvalue weighted by atomic mass is 10.5. The number of hydrogen-bond donors (Lipinski definition) is 2. The second-order valence-corrected chi connectivity index (χ2v) is 7.45. The molecule has 0 saturated heterocycles. The number of aromatic nitrogens is 2. The molecule has 0 spiro atoms. The molecule has 0 radical (unpaired) electrons. The van der Waals surface area contributed by atoms with Crippen molar-refractivity contribution in [2.24, 2.45) is 0 Å². The molecule has 0 aromatic carbocycles. The third-order valence-electron chi connectivity index (χ3n) is 1.30. The van der Waals surface area contributed by atoms with Gasteiger partial charge in [0.1, 0.15) is 0 Å². The van der Waals surface area contributed by atoms with Crippen LogP contribution in [0.4, 0.5) is 0 Å². The zero-order valence-electron chi connectivity index (χ0n) is 13.2. The van der Waals surface area contributed by atoms with Gasteiger partial charge in [-0.3, -0.25) is 23.3 Å². The average Bonchev–Trinajstić information content (AvgIpc) is 2.48. The first kappa shape index (κ1) is 25.5. The van der Waals surface area contributed by atoms with Gasteiger partial charge in [-0.2, -0.15) is 16.8 Å². The van der Waals surface area contributed by atoms with E-state index in [0.717, 1.165) is 0 Å². The zero-order valence-corrected chi connectivity index (χ0v) is 15.7. The monoisotopic (exact) mass is 414 g/mol. The standard InChI is InChI=1S/2C5H5N.C2H6OS.H2O7S2/c2*1-2-4-6-5-3-1;1-4(2)3;1-8(2,3)7-9(4,5)6/h2*1-5H;1-2H3;(H,1,2,3)(H,4,5,6). The minimum atomic E-state index is -5.12. The van der Waals surface area contributed by atoms with Gasteiger partial charge in [0.2, 0.25) is 0 Å². The summed E-state index contributed by atoms with van der Waals surface area (Å²) in [6.45, 7) is 0. The number of nitrogens with zero attached hydrogens (tertiary/aromatic N) is 2. The van der Waals surface area contributed by atoms with Crippen LogP contribution in [0.15, 0.2) is 61.2 Å². The van der Waals surface area contributed by atoms with E-state index in [2.05, 4.69) is 13.6 Å². The molecule has 0 aliphatic heterocycles. The zero-order chi connectivity index (χ0) is 19.8. The van der Waals surface area contributed by atoms with Gasteiger partial charge in [-0.25, -0.2) is 0 Å². The molecule has 0 atom stereocenters. The summed E-state index contributed by atoms with van der Waals surface area (Å²) in [6, 6.07) is 11.4. The minimum absolute atomic E-state index is 0.611. The van der Waals surface area contributed by atoms with Crippen LogP contribution in [0.5, 0.6) is 0 Å². The normalized spacial score (nSPS) is 10.1. The first-order valence-corrected chi connectivity index (χ1v) is 10.7. The summed E-state index contributed by atoms with van der Waals surface area (Å²) < 4.78 is 65.1. The predicted octanol–water partition coefficient (Wildman–Crippen LogP) is 0.767. The van der Waals surface area contributed by atoms with Crippen LogP contribution < -0.4 is 0 Å². The summed E-state index contributed by atoms with van der Waals surface area (Å²) in [5.74, 6) is 0. The maximum atomic E-state index is 9.56. The van der Waals surface area contributed by atoms with Crippen molar-refractivity contribution in [1.29, 1.82) is 0 Å². The number of hydrogen-bond acceptors (Lipinski definition) is 8. The minimum Gasteiger partial charge on any atom is -0.265 e. The highest BCUT2D eigenvalue weighted by molar-refractivity contribution is 7.94. The molecule has 2 heterocycles. The van der Waals surface area contributed by atoms with Crippen molar-refractivity contribution in [3.05, 3.63) is 61.2 Å². The second-order valence-electron chi connectivity index (χ2n) is 3.71. The smallest absolute Gasteiger partial charge is 0.265 e. The van der Waals surface area contributed by atoms with E-state index in [0.29, 0.717) is 0 Å². The fourth-order valence-electron chi connectivity index (χ4n) is 0.734. The van der Waals surface area contributed by atoms with Crippen LogP contribution in [0.2, 0.25) is 0 Å². The quantitative estimate of drug-likeness (QED) is 0.671. The molecular weight excluding hydrogens is 396 g/mol. The predicted molar refractivity (Wildman–Crippen MR) is 92.6 cm³/mol. The van der Waals surface area contributed by atoms with Crippen LogP contribution >= 0.6 is 0 Å². The summed E-state index contributed by atoms with van der Waals surface area (Å²) in [4.78, 5) is 7.57. The summed E-state index contributed by atoms with van der Waals surface area (Å²) >= 11 is 0. The van der Waals surface area contributed by atoms with Gasteiger partial charge >= 0.3 is 20.8 Å². The summed E-state index contributed by atoms with van der Waals surface area (Å²) in [7, 11) is -10.9. The topological polar surface area (TPSA) is 161 Å². The molecule has 10 nitrogen and oxygen atoms in total. The van der Waals surface area contributed by atoms with Crippen LogP contribution in [0.25, 0.3) is 0 Å². The van der Waals surface area contributed by atoms with E-state index in [-0.39, 0.29) is 0 Å². The Hall–Kier alpha value is -1.77. The maximum absolute atomic E-state index is 9.56. The van der Waals surface area contributed by atoms with Crippen LogP contribution in [0.1, 0.15) is 0 Å². The van der Waals surface area contributed by atoms with Crippen LogP contribution in [-0.2, 0) is 35.2 Å². The van der Waals surface area contributed by atoms with Crippen molar-refractivity contribution in [1.82, 2.24) is 9.97 Å². The number of pyridine rings is 2. The Morgan fingerprint density at radius 3 is 1.00 bits per heavy atom. The molecule has 0 fully saturated rings. The van der Waals surface area contributed by atoms with Crippen molar-refractivity contribution >= 4 is 31.6 Å². The molecule has 0 bridgehead atoms. The lowest BCUT2D eigenvalue weighted by Crippen LogP contribution is -2.10. The Kier molecular flexibility index (Phi) is 14.8. The Labute approximate surface area is 149 Å². The van der Waals surface area contributed by atoms with Crippen LogP contribution in [0, 0.1) is 0 Å². The van der Waals surface area contributed by atoms with E-state index in [1.54, 1.807) is 37.3 Å². The highest BCUT2D eigenvalue weighted by Crippen LogP contribution is 1.91. The Bertz CT molecular complexity index is 650. The summed E-state index contributed by atoms with van der Waals surface area (Å²) in [5.41, 5.74) is 0. The molecule has 13 heteroatoms. The van der Waals surface area contributed by atoms with Gasteiger partial charge in [0, 0.05) is 48.1 Å². The molecular formula is C12H18N2O8S3. The van der Waals surface area contributed by atoms with Crippen LogP contribution in [0.3, 0.4) is 0 Å². The van der Waals surface area contributed by atoms with E-state index in [1.165, 1.54) is 0 Å². The van der Waals surface area contributed by atoms with E-state index >= 15 is 0 Å². The van der Waals surface area contributed by atoms with Crippen LogP contribution in [-0.4, -0.2) is 52.6 Å². The third kappa shape index (κ3) is 34.5. The van der Waals surface area contributed by atoms with E-state index in [9.17, 15) is 21.0 Å². The highest BCUT2D eigenvalue weighted by Gasteiger charge is 2.15. The molecule has 25 heavy (non-hydrogen) atoms. The van der Waals surface area contributed by atoms with Crippen molar-refractivity contribution in [2.45, 2.75) is 0 Å². The lowest BCUT2D eigenvalue weighted by Gasteiger charge is -1.89. The molecule has 2 aromatic rings. The van der Waals surface area contributed by atoms with Gasteiger partial charge in [-0.05, 0) is 24.3 Å². The molecule has 0 amide bonds. The van der Waals surface area contributed by atoms with E-state index in [1.807, 2.05) is 36.4 Å². The Balaban J connectivity index is 0. The molecule has 0 unspecified atom stereocenters. The fourth-order valence-corrected chi connectivity index (χ4v) is 1.60. The molecule has 0 saturated carbocycles. The van der Waals surface area contributed by atoms with E-state index < -0.39 is 31.6 Å². The summed E-state index contributed by atoms with van der Waals surface area (Å²) in [5, 5.41) is 0. The molecule has 0 aliphatic carbocycles. The highest BCUT2D eigenvalue weighted by atomic mass is 32.3. The molecule has 2 N–H and O–H groups in total. The third-order valence-corrected chi connectivity index (χ3v) is 2.68. The van der Waals surface area contributed by atoms with Crippen molar-refractivity contribution < 1.29 is 33.8 Å². The molecule has 2 aromatic heterocycles. The van der Waals surface area contributed by atoms with Gasteiger partial charge in [-0.15, -0.1) is 3.63 Å². The first-order valence-electron chi connectivity index (χ1n) is 6.05. The molecule has 0 aliphatic rings. The Morgan fingerprint density at radius 1 is 0.720 bits per heavy atom. The molecule has 2 rings (SSSR count). The van der Waals surface area contributed by atoms with Crippen molar-refractivity contribution in [3.8, 4) is 0 Å². The largest absolute Gasteiger partial charge is 0.413 e. The van der Waals surface area contributed by atoms with Gasteiger partial charge in [0.25, 0.3) is 0 Å². The average molecular weight is 414 g/mol. The van der Waals surface area contributed by atoms with Crippen molar-refractivity contribution in [2.75, 3.05) is 12.5 Å². The Morgan fingerprint density at radius 2 is 0.960 bits per heavy atom. The lowest BCUT2D eigenvalue weighted by molar-refractivity contribution is 0.344. The van der Waals surface area contributed by atoms with E-state index in [4.69, 9.17) is 9.11 Å².